The number of carbonyl (C=O) groups is 3. The first-order valence-electron chi connectivity index (χ1n) is 4.04. The standard InChI is InChI=1S/C8H12N2O5/c1-2-3-9-8(15)10(4-6(11)12)5-7(13)14/h2H,1,3-5H2,(H,9,15)(H,11,12)(H,13,14). The van der Waals surface area contributed by atoms with Gasteiger partial charge in [-0.15, -0.1) is 6.58 Å². The number of carbonyl (C=O) groups excluding carboxylic acids is 1. The summed E-state index contributed by atoms with van der Waals surface area (Å²) in [6.07, 6.45) is 1.40. The molecule has 0 spiro atoms. The zero-order chi connectivity index (χ0) is 11.8. The van der Waals surface area contributed by atoms with E-state index in [1.807, 2.05) is 0 Å². The molecule has 0 aliphatic carbocycles. The summed E-state index contributed by atoms with van der Waals surface area (Å²) in [5, 5.41) is 19.2. The molecule has 0 aliphatic rings. The van der Waals surface area contributed by atoms with Crippen LogP contribution in [0.4, 0.5) is 4.79 Å². The third-order valence-corrected chi connectivity index (χ3v) is 1.34. The zero-order valence-corrected chi connectivity index (χ0v) is 7.97. The van der Waals surface area contributed by atoms with Crippen LogP contribution in [-0.4, -0.2) is 52.7 Å². The van der Waals surface area contributed by atoms with Crippen LogP contribution >= 0.6 is 0 Å². The summed E-state index contributed by atoms with van der Waals surface area (Å²) in [4.78, 5) is 32.6. The Balaban J connectivity index is 4.32. The van der Waals surface area contributed by atoms with Gasteiger partial charge in [-0.25, -0.2) is 4.79 Å². The van der Waals surface area contributed by atoms with Crippen molar-refractivity contribution in [2.45, 2.75) is 0 Å². The number of carboxylic acids is 2. The fourth-order valence-electron chi connectivity index (χ4n) is 0.797. The maximum absolute atomic E-state index is 11.2. The van der Waals surface area contributed by atoms with Gasteiger partial charge in [-0.3, -0.25) is 9.59 Å². The normalized spacial score (nSPS) is 9.07. The zero-order valence-electron chi connectivity index (χ0n) is 7.97. The van der Waals surface area contributed by atoms with Crippen LogP contribution in [0, 0.1) is 0 Å². The summed E-state index contributed by atoms with van der Waals surface area (Å²) < 4.78 is 0. The molecule has 15 heavy (non-hydrogen) atoms. The van der Waals surface area contributed by atoms with E-state index in [4.69, 9.17) is 10.2 Å². The molecule has 0 aromatic carbocycles. The van der Waals surface area contributed by atoms with E-state index in [9.17, 15) is 14.4 Å². The molecule has 3 N–H and O–H groups in total. The van der Waals surface area contributed by atoms with Crippen molar-refractivity contribution < 1.29 is 24.6 Å². The molecule has 0 fully saturated rings. The molecule has 0 aromatic heterocycles. The van der Waals surface area contributed by atoms with Gasteiger partial charge in [0.2, 0.25) is 0 Å². The maximum Gasteiger partial charge on any atom is 0.323 e. The number of hydrogen-bond donors (Lipinski definition) is 3. The molecule has 0 saturated carbocycles. The highest BCUT2D eigenvalue weighted by Crippen LogP contribution is 1.89. The van der Waals surface area contributed by atoms with Gasteiger partial charge in [0.15, 0.2) is 0 Å². The van der Waals surface area contributed by atoms with Crippen molar-refractivity contribution in [2.75, 3.05) is 19.6 Å². The van der Waals surface area contributed by atoms with E-state index in [-0.39, 0.29) is 6.54 Å². The Labute approximate surface area is 86.0 Å². The Kier molecular flexibility index (Phi) is 5.53. The number of amides is 2. The SMILES string of the molecule is C=CCNC(=O)N(CC(=O)O)CC(=O)O. The van der Waals surface area contributed by atoms with E-state index in [2.05, 4.69) is 11.9 Å². The van der Waals surface area contributed by atoms with Crippen LogP contribution in [-0.2, 0) is 9.59 Å². The Morgan fingerprint density at radius 2 is 1.67 bits per heavy atom. The molecular formula is C8H12N2O5. The molecular weight excluding hydrogens is 204 g/mol. The lowest BCUT2D eigenvalue weighted by Gasteiger charge is -2.18. The van der Waals surface area contributed by atoms with E-state index in [1.54, 1.807) is 0 Å². The lowest BCUT2D eigenvalue weighted by Crippen LogP contribution is -2.45. The number of aliphatic carboxylic acids is 2. The first-order valence-corrected chi connectivity index (χ1v) is 4.04. The van der Waals surface area contributed by atoms with E-state index in [0.29, 0.717) is 4.90 Å². The second-order valence-electron chi connectivity index (χ2n) is 2.62. The predicted molar refractivity (Wildman–Crippen MR) is 50.4 cm³/mol. The van der Waals surface area contributed by atoms with Gasteiger partial charge in [0, 0.05) is 6.54 Å². The van der Waals surface area contributed by atoms with Crippen LogP contribution in [0.15, 0.2) is 12.7 Å². The summed E-state index contributed by atoms with van der Waals surface area (Å²) >= 11 is 0. The fraction of sp³-hybridized carbons (Fsp3) is 0.375. The minimum absolute atomic E-state index is 0.147. The number of carboxylic acid groups (broad SMARTS) is 2. The van der Waals surface area contributed by atoms with Crippen molar-refractivity contribution in [3.8, 4) is 0 Å². The minimum Gasteiger partial charge on any atom is -0.480 e. The second-order valence-corrected chi connectivity index (χ2v) is 2.62. The largest absolute Gasteiger partial charge is 0.480 e. The smallest absolute Gasteiger partial charge is 0.323 e. The molecule has 0 saturated heterocycles. The van der Waals surface area contributed by atoms with Crippen LogP contribution in [0.1, 0.15) is 0 Å². The molecule has 84 valence electrons. The van der Waals surface area contributed by atoms with Crippen LogP contribution in [0.3, 0.4) is 0 Å². The number of nitrogens with zero attached hydrogens (tertiary/aromatic N) is 1. The molecule has 2 amide bonds. The first kappa shape index (κ1) is 12.9. The van der Waals surface area contributed by atoms with E-state index in [0.717, 1.165) is 0 Å². The van der Waals surface area contributed by atoms with Gasteiger partial charge in [0.05, 0.1) is 0 Å². The van der Waals surface area contributed by atoms with Crippen molar-refractivity contribution in [1.82, 2.24) is 10.2 Å². The minimum atomic E-state index is -1.27. The monoisotopic (exact) mass is 216 g/mol. The summed E-state index contributed by atoms with van der Waals surface area (Å²) in [6, 6.07) is -0.750. The van der Waals surface area contributed by atoms with Crippen molar-refractivity contribution >= 4 is 18.0 Å². The third kappa shape index (κ3) is 6.08. The summed E-state index contributed by atoms with van der Waals surface area (Å²) in [7, 11) is 0. The van der Waals surface area contributed by atoms with E-state index >= 15 is 0 Å². The molecule has 0 heterocycles. The number of hydrogen-bond acceptors (Lipinski definition) is 3. The fourth-order valence-corrected chi connectivity index (χ4v) is 0.797. The Hall–Kier alpha value is -2.05. The lowest BCUT2D eigenvalue weighted by molar-refractivity contribution is -0.140. The summed E-state index contributed by atoms with van der Waals surface area (Å²) in [5.74, 6) is -2.55. The van der Waals surface area contributed by atoms with E-state index in [1.165, 1.54) is 6.08 Å². The molecule has 0 atom stereocenters. The maximum atomic E-state index is 11.2. The second kappa shape index (κ2) is 6.41. The molecule has 0 aromatic rings. The number of urea groups is 1. The topological polar surface area (TPSA) is 107 Å². The highest BCUT2D eigenvalue weighted by atomic mass is 16.4. The van der Waals surface area contributed by atoms with Crippen molar-refractivity contribution in [3.63, 3.8) is 0 Å². The molecule has 0 rings (SSSR count). The van der Waals surface area contributed by atoms with Crippen LogP contribution in [0.2, 0.25) is 0 Å². The van der Waals surface area contributed by atoms with Gasteiger partial charge in [-0.1, -0.05) is 6.08 Å². The van der Waals surface area contributed by atoms with Crippen LogP contribution in [0.25, 0.3) is 0 Å². The Morgan fingerprint density at radius 3 is 2.00 bits per heavy atom. The average Bonchev–Trinajstić information content (AvgIpc) is 2.11. The lowest BCUT2D eigenvalue weighted by atomic mass is 10.5. The van der Waals surface area contributed by atoms with Crippen LogP contribution < -0.4 is 5.32 Å². The van der Waals surface area contributed by atoms with E-state index < -0.39 is 31.1 Å². The molecule has 7 nitrogen and oxygen atoms in total. The Bertz CT molecular complexity index is 260. The summed E-state index contributed by atoms with van der Waals surface area (Å²) in [6.45, 7) is 2.18. The molecule has 0 bridgehead atoms. The predicted octanol–water partition coefficient (Wildman–Crippen LogP) is -0.647. The highest BCUT2D eigenvalue weighted by molar-refractivity contribution is 5.84. The highest BCUT2D eigenvalue weighted by Gasteiger charge is 2.18. The van der Waals surface area contributed by atoms with Crippen LogP contribution in [0.5, 0.6) is 0 Å². The van der Waals surface area contributed by atoms with Gasteiger partial charge < -0.3 is 20.4 Å². The molecule has 0 aliphatic heterocycles. The molecule has 0 radical (unpaired) electrons. The van der Waals surface area contributed by atoms with Crippen molar-refractivity contribution in [1.29, 1.82) is 0 Å². The molecule has 7 heteroatoms. The van der Waals surface area contributed by atoms with Crippen molar-refractivity contribution in [2.24, 2.45) is 0 Å². The summed E-state index contributed by atoms with van der Waals surface area (Å²) in [5.41, 5.74) is 0. The average molecular weight is 216 g/mol. The van der Waals surface area contributed by atoms with Gasteiger partial charge in [-0.05, 0) is 0 Å². The van der Waals surface area contributed by atoms with Gasteiger partial charge in [-0.2, -0.15) is 0 Å². The van der Waals surface area contributed by atoms with Gasteiger partial charge in [0.1, 0.15) is 13.1 Å². The van der Waals surface area contributed by atoms with Gasteiger partial charge >= 0.3 is 18.0 Å². The molecule has 0 unspecified atom stereocenters. The Morgan fingerprint density at radius 1 is 1.20 bits per heavy atom. The number of nitrogens with one attached hydrogen (secondary N) is 1. The van der Waals surface area contributed by atoms with Gasteiger partial charge in [0.25, 0.3) is 0 Å². The quantitative estimate of drug-likeness (QED) is 0.511. The first-order chi connectivity index (χ1) is 6.97. The number of rotatable bonds is 6. The van der Waals surface area contributed by atoms with Crippen molar-refractivity contribution in [3.05, 3.63) is 12.7 Å². The third-order valence-electron chi connectivity index (χ3n) is 1.34.